The molecule has 0 aliphatic carbocycles. The van der Waals surface area contributed by atoms with E-state index in [9.17, 15) is 0 Å². The molecule has 1 rings (SSSR count). The lowest BCUT2D eigenvalue weighted by molar-refractivity contribution is 0.633. The van der Waals surface area contributed by atoms with E-state index < -0.39 is 0 Å². The van der Waals surface area contributed by atoms with Gasteiger partial charge in [-0.05, 0) is 37.6 Å². The molecule has 0 bridgehead atoms. The molecular formula is C12H16ClN. The minimum atomic E-state index is 0.377. The van der Waals surface area contributed by atoms with Crippen LogP contribution in [0.25, 0.3) is 0 Å². The van der Waals surface area contributed by atoms with Crippen molar-refractivity contribution in [2.24, 2.45) is 0 Å². The Labute approximate surface area is 90.8 Å². The first kappa shape index (κ1) is 11.3. The van der Waals surface area contributed by atoms with E-state index in [-0.39, 0.29) is 0 Å². The number of benzene rings is 1. The minimum Gasteiger partial charge on any atom is -0.310 e. The van der Waals surface area contributed by atoms with Crippen LogP contribution in [-0.2, 0) is 6.42 Å². The lowest BCUT2D eigenvalue weighted by atomic mass is 10.1. The van der Waals surface area contributed by atoms with Crippen LogP contribution in [0.5, 0.6) is 0 Å². The molecule has 0 aliphatic rings. The quantitative estimate of drug-likeness (QED) is 0.736. The molecule has 0 amide bonds. The first-order chi connectivity index (χ1) is 6.72. The third kappa shape index (κ3) is 3.95. The van der Waals surface area contributed by atoms with E-state index in [2.05, 4.69) is 31.0 Å². The third-order valence-electron chi connectivity index (χ3n) is 2.15. The molecule has 2 heteroatoms. The molecule has 1 N–H and O–H groups in total. The van der Waals surface area contributed by atoms with Crippen LogP contribution < -0.4 is 5.32 Å². The van der Waals surface area contributed by atoms with Crippen molar-refractivity contribution in [2.45, 2.75) is 19.4 Å². The van der Waals surface area contributed by atoms with E-state index in [1.165, 1.54) is 5.56 Å². The van der Waals surface area contributed by atoms with Gasteiger partial charge in [0.25, 0.3) is 0 Å². The molecule has 0 spiro atoms. The molecule has 1 unspecified atom stereocenters. The zero-order valence-corrected chi connectivity index (χ0v) is 9.22. The van der Waals surface area contributed by atoms with E-state index in [4.69, 9.17) is 11.6 Å². The predicted octanol–water partition coefficient (Wildman–Crippen LogP) is 3.05. The Hall–Kier alpha value is -0.790. The highest BCUT2D eigenvalue weighted by atomic mass is 35.5. The molecule has 14 heavy (non-hydrogen) atoms. The van der Waals surface area contributed by atoms with Crippen LogP contribution in [0.4, 0.5) is 0 Å². The van der Waals surface area contributed by atoms with E-state index in [1.807, 2.05) is 18.2 Å². The summed E-state index contributed by atoms with van der Waals surface area (Å²) in [5, 5.41) is 4.14. The van der Waals surface area contributed by atoms with Crippen LogP contribution >= 0.6 is 11.6 Å². The highest BCUT2D eigenvalue weighted by molar-refractivity contribution is 6.30. The summed E-state index contributed by atoms with van der Waals surface area (Å²) in [5.74, 6) is 0. The van der Waals surface area contributed by atoms with Gasteiger partial charge in [0.1, 0.15) is 0 Å². The average Bonchev–Trinajstić information content (AvgIpc) is 2.21. The SMILES string of the molecule is C=CC(C)NCCc1ccc(Cl)cc1. The zero-order valence-electron chi connectivity index (χ0n) is 8.46. The number of hydrogen-bond donors (Lipinski definition) is 1. The Kier molecular flexibility index (Phi) is 4.71. The Morgan fingerprint density at radius 2 is 2.07 bits per heavy atom. The van der Waals surface area contributed by atoms with Crippen LogP contribution in [0.2, 0.25) is 5.02 Å². The van der Waals surface area contributed by atoms with E-state index >= 15 is 0 Å². The van der Waals surface area contributed by atoms with Crippen molar-refractivity contribution >= 4 is 11.6 Å². The summed E-state index contributed by atoms with van der Waals surface area (Å²) < 4.78 is 0. The van der Waals surface area contributed by atoms with Gasteiger partial charge in [-0.15, -0.1) is 6.58 Å². The normalized spacial score (nSPS) is 12.4. The van der Waals surface area contributed by atoms with Gasteiger partial charge in [-0.1, -0.05) is 29.8 Å². The molecule has 1 nitrogen and oxygen atoms in total. The second kappa shape index (κ2) is 5.84. The van der Waals surface area contributed by atoms with Gasteiger partial charge in [-0.25, -0.2) is 0 Å². The summed E-state index contributed by atoms with van der Waals surface area (Å²) in [5.41, 5.74) is 1.30. The van der Waals surface area contributed by atoms with Gasteiger partial charge in [0.2, 0.25) is 0 Å². The summed E-state index contributed by atoms with van der Waals surface area (Å²) in [4.78, 5) is 0. The van der Waals surface area contributed by atoms with Gasteiger partial charge in [-0.3, -0.25) is 0 Å². The number of rotatable bonds is 5. The largest absolute Gasteiger partial charge is 0.310 e. The maximum absolute atomic E-state index is 5.79. The highest BCUT2D eigenvalue weighted by Gasteiger charge is 1.95. The van der Waals surface area contributed by atoms with E-state index in [1.54, 1.807) is 0 Å². The Balaban J connectivity index is 2.31. The minimum absolute atomic E-state index is 0.377. The second-order valence-corrected chi connectivity index (χ2v) is 3.79. The third-order valence-corrected chi connectivity index (χ3v) is 2.40. The van der Waals surface area contributed by atoms with Gasteiger partial charge in [-0.2, -0.15) is 0 Å². The average molecular weight is 210 g/mol. The van der Waals surface area contributed by atoms with E-state index in [0.29, 0.717) is 6.04 Å². The van der Waals surface area contributed by atoms with Crippen molar-refractivity contribution in [3.8, 4) is 0 Å². The topological polar surface area (TPSA) is 12.0 Å². The van der Waals surface area contributed by atoms with Crippen LogP contribution in [0.15, 0.2) is 36.9 Å². The molecule has 1 aromatic rings. The first-order valence-corrected chi connectivity index (χ1v) is 5.20. The van der Waals surface area contributed by atoms with Crippen LogP contribution in [0.1, 0.15) is 12.5 Å². The van der Waals surface area contributed by atoms with Gasteiger partial charge < -0.3 is 5.32 Å². The molecular weight excluding hydrogens is 194 g/mol. The van der Waals surface area contributed by atoms with Gasteiger partial charge in [0.15, 0.2) is 0 Å². The predicted molar refractivity (Wildman–Crippen MR) is 62.8 cm³/mol. The Morgan fingerprint density at radius 1 is 1.43 bits per heavy atom. The van der Waals surface area contributed by atoms with Gasteiger partial charge >= 0.3 is 0 Å². The summed E-state index contributed by atoms with van der Waals surface area (Å²) >= 11 is 5.79. The smallest absolute Gasteiger partial charge is 0.0406 e. The van der Waals surface area contributed by atoms with Crippen molar-refractivity contribution < 1.29 is 0 Å². The first-order valence-electron chi connectivity index (χ1n) is 4.83. The van der Waals surface area contributed by atoms with Crippen molar-refractivity contribution in [3.63, 3.8) is 0 Å². The fourth-order valence-electron chi connectivity index (χ4n) is 1.18. The van der Waals surface area contributed by atoms with Crippen LogP contribution in [-0.4, -0.2) is 12.6 Å². The molecule has 0 fully saturated rings. The number of nitrogens with one attached hydrogen (secondary N) is 1. The molecule has 0 aromatic heterocycles. The molecule has 0 heterocycles. The van der Waals surface area contributed by atoms with Gasteiger partial charge in [0, 0.05) is 11.1 Å². The summed E-state index contributed by atoms with van der Waals surface area (Å²) in [6, 6.07) is 8.34. The highest BCUT2D eigenvalue weighted by Crippen LogP contribution is 2.09. The summed E-state index contributed by atoms with van der Waals surface area (Å²) in [6.07, 6.45) is 2.93. The monoisotopic (exact) mass is 209 g/mol. The fraction of sp³-hybridized carbons (Fsp3) is 0.333. The van der Waals surface area contributed by atoms with Crippen molar-refractivity contribution in [3.05, 3.63) is 47.5 Å². The maximum Gasteiger partial charge on any atom is 0.0406 e. The van der Waals surface area contributed by atoms with Crippen LogP contribution in [0, 0.1) is 0 Å². The molecule has 0 radical (unpaired) electrons. The second-order valence-electron chi connectivity index (χ2n) is 3.35. The molecule has 0 aliphatic heterocycles. The molecule has 1 atom stereocenters. The lowest BCUT2D eigenvalue weighted by Gasteiger charge is -2.08. The van der Waals surface area contributed by atoms with Crippen molar-refractivity contribution in [1.82, 2.24) is 5.32 Å². The van der Waals surface area contributed by atoms with Crippen molar-refractivity contribution in [1.29, 1.82) is 0 Å². The molecule has 0 saturated carbocycles. The van der Waals surface area contributed by atoms with Gasteiger partial charge in [0.05, 0.1) is 0 Å². The fourth-order valence-corrected chi connectivity index (χ4v) is 1.30. The number of hydrogen-bond acceptors (Lipinski definition) is 1. The lowest BCUT2D eigenvalue weighted by Crippen LogP contribution is -2.25. The number of halogens is 1. The Morgan fingerprint density at radius 3 is 2.64 bits per heavy atom. The molecule has 76 valence electrons. The van der Waals surface area contributed by atoms with Crippen LogP contribution in [0.3, 0.4) is 0 Å². The van der Waals surface area contributed by atoms with Crippen molar-refractivity contribution in [2.75, 3.05) is 6.54 Å². The summed E-state index contributed by atoms with van der Waals surface area (Å²) in [7, 11) is 0. The Bertz CT molecular complexity index is 279. The summed E-state index contributed by atoms with van der Waals surface area (Å²) in [6.45, 7) is 6.78. The zero-order chi connectivity index (χ0) is 10.4. The molecule has 0 saturated heterocycles. The standard InChI is InChI=1S/C12H16ClN/c1-3-10(2)14-9-8-11-4-6-12(13)7-5-11/h3-7,10,14H,1,8-9H2,2H3. The van der Waals surface area contributed by atoms with E-state index in [0.717, 1.165) is 18.0 Å². The maximum atomic E-state index is 5.79. The molecule has 1 aromatic carbocycles.